The van der Waals surface area contributed by atoms with Crippen LogP contribution in [0.3, 0.4) is 0 Å². The molecule has 2 nitrogen and oxygen atoms in total. The first-order valence-electron chi connectivity index (χ1n) is 4.95. The van der Waals surface area contributed by atoms with Gasteiger partial charge in [0.15, 0.2) is 0 Å². The van der Waals surface area contributed by atoms with Crippen molar-refractivity contribution in [1.29, 1.82) is 0 Å². The Balaban J connectivity index is 2.10. The zero-order valence-electron chi connectivity index (χ0n) is 8.96. The van der Waals surface area contributed by atoms with Crippen molar-refractivity contribution in [2.75, 3.05) is 5.32 Å². The largest absolute Gasteiger partial charge is 0.416 e. The minimum atomic E-state index is -4.38. The van der Waals surface area contributed by atoms with Crippen molar-refractivity contribution in [3.63, 3.8) is 0 Å². The molecule has 1 N–H and O–H groups in total. The molecule has 0 unspecified atom stereocenters. The molecule has 1 aromatic carbocycles. The number of anilines is 1. The predicted octanol–water partition coefficient (Wildman–Crippen LogP) is 4.43. The lowest BCUT2D eigenvalue weighted by molar-refractivity contribution is -0.137. The number of hydrogen-bond donors (Lipinski definition) is 1. The fourth-order valence-electron chi connectivity index (χ4n) is 1.35. The van der Waals surface area contributed by atoms with Crippen molar-refractivity contribution in [3.05, 3.63) is 45.4 Å². The van der Waals surface area contributed by atoms with Crippen LogP contribution in [-0.2, 0) is 12.7 Å². The van der Waals surface area contributed by atoms with E-state index in [1.165, 1.54) is 17.4 Å². The summed E-state index contributed by atoms with van der Waals surface area (Å²) >= 11 is 7.26. The molecule has 0 aliphatic heterocycles. The Hall–Kier alpha value is -1.27. The molecule has 0 bridgehead atoms. The molecule has 0 aliphatic rings. The van der Waals surface area contributed by atoms with E-state index in [-0.39, 0.29) is 5.02 Å². The van der Waals surface area contributed by atoms with Gasteiger partial charge in [-0.25, -0.2) is 0 Å². The van der Waals surface area contributed by atoms with Gasteiger partial charge in [-0.3, -0.25) is 4.98 Å². The van der Waals surface area contributed by atoms with Crippen molar-refractivity contribution in [1.82, 2.24) is 4.98 Å². The zero-order valence-corrected chi connectivity index (χ0v) is 10.5. The van der Waals surface area contributed by atoms with Gasteiger partial charge in [-0.15, -0.1) is 11.3 Å². The van der Waals surface area contributed by atoms with Crippen LogP contribution in [0.1, 0.15) is 10.4 Å². The van der Waals surface area contributed by atoms with Gasteiger partial charge in [-0.05, 0) is 18.2 Å². The van der Waals surface area contributed by atoms with Gasteiger partial charge in [0.25, 0.3) is 0 Å². The molecule has 1 heterocycles. The maximum atomic E-state index is 12.4. The molecule has 1 aromatic heterocycles. The summed E-state index contributed by atoms with van der Waals surface area (Å²) in [6, 6.07) is 3.24. The maximum absolute atomic E-state index is 12.4. The van der Waals surface area contributed by atoms with E-state index < -0.39 is 11.7 Å². The smallest absolute Gasteiger partial charge is 0.379 e. The number of thiazole rings is 1. The third-order valence-corrected chi connectivity index (χ3v) is 3.33. The molecule has 0 fully saturated rings. The number of aromatic nitrogens is 1. The van der Waals surface area contributed by atoms with Gasteiger partial charge in [0.05, 0.1) is 28.3 Å². The van der Waals surface area contributed by atoms with Gasteiger partial charge in [0.1, 0.15) is 0 Å². The molecule has 2 rings (SSSR count). The van der Waals surface area contributed by atoms with Gasteiger partial charge < -0.3 is 5.32 Å². The Morgan fingerprint density at radius 1 is 1.33 bits per heavy atom. The highest BCUT2D eigenvalue weighted by Gasteiger charge is 2.30. The SMILES string of the molecule is FC(F)(F)c1ccc(NCc2cncs2)c(Cl)c1. The van der Waals surface area contributed by atoms with Crippen molar-refractivity contribution >= 4 is 28.6 Å². The summed E-state index contributed by atoms with van der Waals surface area (Å²) in [5.74, 6) is 0. The summed E-state index contributed by atoms with van der Waals surface area (Å²) in [5, 5.41) is 3.02. The quantitative estimate of drug-likeness (QED) is 0.905. The molecule has 0 radical (unpaired) electrons. The van der Waals surface area contributed by atoms with E-state index in [1.54, 1.807) is 11.7 Å². The molecule has 2 aromatic rings. The topological polar surface area (TPSA) is 24.9 Å². The number of rotatable bonds is 3. The van der Waals surface area contributed by atoms with E-state index >= 15 is 0 Å². The van der Waals surface area contributed by atoms with Gasteiger partial charge in [-0.1, -0.05) is 11.6 Å². The number of alkyl halides is 3. The number of nitrogens with zero attached hydrogens (tertiary/aromatic N) is 1. The van der Waals surface area contributed by atoms with Crippen LogP contribution >= 0.6 is 22.9 Å². The number of hydrogen-bond acceptors (Lipinski definition) is 3. The zero-order chi connectivity index (χ0) is 13.2. The molecular formula is C11H8ClF3N2S. The monoisotopic (exact) mass is 292 g/mol. The fourth-order valence-corrected chi connectivity index (χ4v) is 2.13. The number of halogens is 4. The van der Waals surface area contributed by atoms with E-state index in [9.17, 15) is 13.2 Å². The average Bonchev–Trinajstić information content (AvgIpc) is 2.79. The summed E-state index contributed by atoms with van der Waals surface area (Å²) < 4.78 is 37.3. The summed E-state index contributed by atoms with van der Waals surface area (Å²) in [7, 11) is 0. The highest BCUT2D eigenvalue weighted by Crippen LogP contribution is 2.33. The number of benzene rings is 1. The molecule has 0 atom stereocenters. The highest BCUT2D eigenvalue weighted by atomic mass is 35.5. The van der Waals surface area contributed by atoms with Crippen molar-refractivity contribution in [3.8, 4) is 0 Å². The summed E-state index contributed by atoms with van der Waals surface area (Å²) in [6.07, 6.45) is -2.69. The molecule has 0 saturated heterocycles. The van der Waals surface area contributed by atoms with E-state index in [4.69, 9.17) is 11.6 Å². The highest BCUT2D eigenvalue weighted by molar-refractivity contribution is 7.09. The second-order valence-electron chi connectivity index (χ2n) is 3.51. The van der Waals surface area contributed by atoms with Crippen LogP contribution in [0, 0.1) is 0 Å². The van der Waals surface area contributed by atoms with E-state index in [2.05, 4.69) is 10.3 Å². The third kappa shape index (κ3) is 3.14. The lowest BCUT2D eigenvalue weighted by atomic mass is 10.2. The standard InChI is InChI=1S/C11H8ClF3N2S/c12-9-3-7(11(13,14)15)1-2-10(9)17-5-8-4-16-6-18-8/h1-4,6,17H,5H2. The Labute approximate surface area is 110 Å². The normalized spacial score (nSPS) is 11.6. The third-order valence-electron chi connectivity index (χ3n) is 2.23. The van der Waals surface area contributed by atoms with E-state index in [1.807, 2.05) is 0 Å². The Morgan fingerprint density at radius 2 is 2.11 bits per heavy atom. The summed E-state index contributed by atoms with van der Waals surface area (Å²) in [4.78, 5) is 4.88. The predicted molar refractivity (Wildman–Crippen MR) is 65.9 cm³/mol. The van der Waals surface area contributed by atoms with Crippen LogP contribution in [0.4, 0.5) is 18.9 Å². The minimum absolute atomic E-state index is 0.0503. The molecule has 0 amide bonds. The molecule has 0 aliphatic carbocycles. The van der Waals surface area contributed by atoms with Crippen LogP contribution in [-0.4, -0.2) is 4.98 Å². The lowest BCUT2D eigenvalue weighted by Crippen LogP contribution is -2.05. The maximum Gasteiger partial charge on any atom is 0.416 e. The average molecular weight is 293 g/mol. The van der Waals surface area contributed by atoms with Gasteiger partial charge in [0, 0.05) is 11.1 Å². The molecule has 7 heteroatoms. The lowest BCUT2D eigenvalue weighted by Gasteiger charge is -2.11. The fraction of sp³-hybridized carbons (Fsp3) is 0.182. The van der Waals surface area contributed by atoms with Gasteiger partial charge >= 0.3 is 6.18 Å². The first-order valence-corrected chi connectivity index (χ1v) is 6.20. The first-order chi connectivity index (χ1) is 8.47. The summed E-state index contributed by atoms with van der Waals surface area (Å²) in [5.41, 5.74) is 1.40. The van der Waals surface area contributed by atoms with E-state index in [0.717, 1.165) is 17.0 Å². The van der Waals surface area contributed by atoms with Gasteiger partial charge in [-0.2, -0.15) is 13.2 Å². The molecular weight excluding hydrogens is 285 g/mol. The van der Waals surface area contributed by atoms with Crippen LogP contribution in [0.5, 0.6) is 0 Å². The van der Waals surface area contributed by atoms with Gasteiger partial charge in [0.2, 0.25) is 0 Å². The second kappa shape index (κ2) is 5.16. The van der Waals surface area contributed by atoms with Crippen LogP contribution in [0.2, 0.25) is 5.02 Å². The molecule has 0 spiro atoms. The van der Waals surface area contributed by atoms with Crippen molar-refractivity contribution < 1.29 is 13.2 Å². The molecule has 0 saturated carbocycles. The molecule has 96 valence electrons. The Kier molecular flexibility index (Phi) is 3.77. The van der Waals surface area contributed by atoms with Crippen LogP contribution in [0.25, 0.3) is 0 Å². The minimum Gasteiger partial charge on any atom is -0.379 e. The van der Waals surface area contributed by atoms with Crippen molar-refractivity contribution in [2.24, 2.45) is 0 Å². The Morgan fingerprint density at radius 3 is 2.67 bits per heavy atom. The van der Waals surface area contributed by atoms with Crippen LogP contribution in [0.15, 0.2) is 29.9 Å². The Bertz CT molecular complexity index is 526. The van der Waals surface area contributed by atoms with Crippen molar-refractivity contribution in [2.45, 2.75) is 12.7 Å². The van der Waals surface area contributed by atoms with Crippen LogP contribution < -0.4 is 5.32 Å². The first kappa shape index (κ1) is 13.2. The number of nitrogens with one attached hydrogen (secondary N) is 1. The second-order valence-corrected chi connectivity index (χ2v) is 4.89. The summed E-state index contributed by atoms with van der Waals surface area (Å²) in [6.45, 7) is 0.482. The molecule has 18 heavy (non-hydrogen) atoms. The van der Waals surface area contributed by atoms with E-state index in [0.29, 0.717) is 12.2 Å².